The van der Waals surface area contributed by atoms with E-state index in [2.05, 4.69) is 0 Å². The summed E-state index contributed by atoms with van der Waals surface area (Å²) in [4.78, 5) is 25.1. The summed E-state index contributed by atoms with van der Waals surface area (Å²) in [6.45, 7) is 3.90. The molecule has 1 heterocycles. The van der Waals surface area contributed by atoms with Crippen LogP contribution in [0, 0.1) is 16.7 Å². The number of hydrogen-bond donors (Lipinski definition) is 1. The van der Waals surface area contributed by atoms with Crippen molar-refractivity contribution in [3.8, 4) is 11.8 Å². The molecule has 1 aliphatic heterocycles. The van der Waals surface area contributed by atoms with Gasteiger partial charge < -0.3 is 14.7 Å². The van der Waals surface area contributed by atoms with Gasteiger partial charge in [0.1, 0.15) is 5.75 Å². The van der Waals surface area contributed by atoms with Gasteiger partial charge in [-0.05, 0) is 44.5 Å². The van der Waals surface area contributed by atoms with Crippen LogP contribution in [0.5, 0.6) is 5.75 Å². The van der Waals surface area contributed by atoms with Gasteiger partial charge in [0.05, 0.1) is 17.0 Å². The van der Waals surface area contributed by atoms with Crippen molar-refractivity contribution in [2.24, 2.45) is 5.41 Å². The highest BCUT2D eigenvalue weighted by Crippen LogP contribution is 2.30. The van der Waals surface area contributed by atoms with Crippen molar-refractivity contribution in [3.05, 3.63) is 29.8 Å². The molecule has 0 bridgehead atoms. The first-order valence-corrected chi connectivity index (χ1v) is 7.05. The molecule has 1 amide bonds. The number of nitrogens with zero attached hydrogens (tertiary/aromatic N) is 2. The zero-order chi connectivity index (χ0) is 16.3. The SMILES string of the molecule is CC(Oc1ccc(C#N)cc1)C(=O)N1CCC(C)(C(=O)O)C1. The predicted molar refractivity (Wildman–Crippen MR) is 78.2 cm³/mol. The lowest BCUT2D eigenvalue weighted by Crippen LogP contribution is -2.41. The Morgan fingerprint density at radius 3 is 2.55 bits per heavy atom. The standard InChI is InChI=1S/C16H18N2O4/c1-11(22-13-5-3-12(9-17)4-6-13)14(19)18-8-7-16(2,10-18)15(20)21/h3-6,11H,7-8,10H2,1-2H3,(H,20,21). The number of rotatable bonds is 4. The molecule has 2 atom stereocenters. The Hall–Kier alpha value is -2.55. The number of amides is 1. The molecule has 0 aliphatic carbocycles. The number of ether oxygens (including phenoxy) is 1. The van der Waals surface area contributed by atoms with Crippen molar-refractivity contribution in [2.75, 3.05) is 13.1 Å². The Kier molecular flexibility index (Phi) is 4.36. The molecule has 0 radical (unpaired) electrons. The molecule has 1 aromatic carbocycles. The van der Waals surface area contributed by atoms with Crippen LogP contribution in [0.15, 0.2) is 24.3 Å². The van der Waals surface area contributed by atoms with Crippen LogP contribution in [0.2, 0.25) is 0 Å². The normalized spacial score (nSPS) is 22.0. The number of carbonyl (C=O) groups excluding carboxylic acids is 1. The van der Waals surface area contributed by atoms with Crippen LogP contribution in [-0.2, 0) is 9.59 Å². The van der Waals surface area contributed by atoms with Gasteiger partial charge in [-0.3, -0.25) is 9.59 Å². The van der Waals surface area contributed by atoms with Gasteiger partial charge in [0.25, 0.3) is 5.91 Å². The Morgan fingerprint density at radius 1 is 1.41 bits per heavy atom. The predicted octanol–water partition coefficient (Wildman–Crippen LogP) is 1.65. The first kappa shape index (κ1) is 15.8. The Bertz CT molecular complexity index is 620. The average molecular weight is 302 g/mol. The van der Waals surface area contributed by atoms with E-state index in [4.69, 9.17) is 10.00 Å². The van der Waals surface area contributed by atoms with Crippen LogP contribution in [0.25, 0.3) is 0 Å². The molecule has 1 saturated heterocycles. The minimum atomic E-state index is -0.886. The molecular weight excluding hydrogens is 284 g/mol. The average Bonchev–Trinajstić information content (AvgIpc) is 2.91. The van der Waals surface area contributed by atoms with Crippen molar-refractivity contribution in [2.45, 2.75) is 26.4 Å². The molecule has 1 aromatic rings. The summed E-state index contributed by atoms with van der Waals surface area (Å²) in [6, 6.07) is 8.50. The largest absolute Gasteiger partial charge is 0.481 e. The molecule has 116 valence electrons. The Labute approximate surface area is 128 Å². The molecule has 1 aliphatic rings. The van der Waals surface area contributed by atoms with Crippen LogP contribution in [-0.4, -0.2) is 41.1 Å². The van der Waals surface area contributed by atoms with Crippen LogP contribution < -0.4 is 4.74 Å². The van der Waals surface area contributed by atoms with E-state index in [0.717, 1.165) is 0 Å². The number of hydrogen-bond acceptors (Lipinski definition) is 4. The number of nitriles is 1. The van der Waals surface area contributed by atoms with Crippen molar-refractivity contribution in [3.63, 3.8) is 0 Å². The van der Waals surface area contributed by atoms with E-state index in [-0.39, 0.29) is 12.5 Å². The number of likely N-dealkylation sites (tertiary alicyclic amines) is 1. The summed E-state index contributed by atoms with van der Waals surface area (Å²) in [5.74, 6) is -0.613. The van der Waals surface area contributed by atoms with Crippen LogP contribution in [0.1, 0.15) is 25.8 Å². The summed E-state index contributed by atoms with van der Waals surface area (Å²) < 4.78 is 5.57. The highest BCUT2D eigenvalue weighted by atomic mass is 16.5. The highest BCUT2D eigenvalue weighted by molar-refractivity contribution is 5.83. The molecule has 0 saturated carbocycles. The van der Waals surface area contributed by atoms with E-state index in [1.165, 1.54) is 4.90 Å². The minimum absolute atomic E-state index is 0.197. The zero-order valence-electron chi connectivity index (χ0n) is 12.6. The van der Waals surface area contributed by atoms with Crippen molar-refractivity contribution in [1.82, 2.24) is 4.90 Å². The van der Waals surface area contributed by atoms with Gasteiger partial charge >= 0.3 is 5.97 Å². The number of carbonyl (C=O) groups is 2. The fourth-order valence-corrected chi connectivity index (χ4v) is 2.44. The molecule has 0 aromatic heterocycles. The van der Waals surface area contributed by atoms with Gasteiger partial charge in [0.2, 0.25) is 0 Å². The monoisotopic (exact) mass is 302 g/mol. The molecule has 2 unspecified atom stereocenters. The molecule has 0 spiro atoms. The first-order valence-electron chi connectivity index (χ1n) is 7.05. The maximum atomic E-state index is 12.3. The van der Waals surface area contributed by atoms with E-state index in [0.29, 0.717) is 24.3 Å². The van der Waals surface area contributed by atoms with Gasteiger partial charge in [0.15, 0.2) is 6.10 Å². The molecular formula is C16H18N2O4. The number of benzene rings is 1. The van der Waals surface area contributed by atoms with Crippen LogP contribution in [0.3, 0.4) is 0 Å². The summed E-state index contributed by atoms with van der Waals surface area (Å²) >= 11 is 0. The Balaban J connectivity index is 1.98. The molecule has 1 N–H and O–H groups in total. The Morgan fingerprint density at radius 2 is 2.05 bits per heavy atom. The molecule has 1 fully saturated rings. The van der Waals surface area contributed by atoms with Gasteiger partial charge in [-0.1, -0.05) is 0 Å². The molecule has 22 heavy (non-hydrogen) atoms. The summed E-state index contributed by atoms with van der Waals surface area (Å²) in [7, 11) is 0. The van der Waals surface area contributed by atoms with Crippen LogP contribution >= 0.6 is 0 Å². The van der Waals surface area contributed by atoms with Gasteiger partial charge in [0, 0.05) is 13.1 Å². The molecule has 6 heteroatoms. The third-order valence-electron chi connectivity index (χ3n) is 3.95. The second-order valence-corrected chi connectivity index (χ2v) is 5.77. The third-order valence-corrected chi connectivity index (χ3v) is 3.95. The van der Waals surface area contributed by atoms with Gasteiger partial charge in [-0.2, -0.15) is 5.26 Å². The second kappa shape index (κ2) is 6.06. The number of carboxylic acid groups (broad SMARTS) is 1. The van der Waals surface area contributed by atoms with Crippen molar-refractivity contribution in [1.29, 1.82) is 5.26 Å². The molecule has 2 rings (SSSR count). The lowest BCUT2D eigenvalue weighted by molar-refractivity contribution is -0.147. The third kappa shape index (κ3) is 3.19. The van der Waals surface area contributed by atoms with Gasteiger partial charge in [-0.15, -0.1) is 0 Å². The van der Waals surface area contributed by atoms with E-state index in [1.54, 1.807) is 38.1 Å². The second-order valence-electron chi connectivity index (χ2n) is 5.77. The highest BCUT2D eigenvalue weighted by Gasteiger charge is 2.43. The topological polar surface area (TPSA) is 90.6 Å². The fraction of sp³-hybridized carbons (Fsp3) is 0.438. The maximum Gasteiger partial charge on any atom is 0.311 e. The number of carboxylic acids is 1. The van der Waals surface area contributed by atoms with Crippen molar-refractivity contribution >= 4 is 11.9 Å². The lowest BCUT2D eigenvalue weighted by atomic mass is 9.90. The zero-order valence-corrected chi connectivity index (χ0v) is 12.6. The summed E-state index contributed by atoms with van der Waals surface area (Å²) in [6.07, 6.45) is -0.262. The van der Waals surface area contributed by atoms with Crippen molar-refractivity contribution < 1.29 is 19.4 Å². The van der Waals surface area contributed by atoms with E-state index < -0.39 is 17.5 Å². The van der Waals surface area contributed by atoms with E-state index >= 15 is 0 Å². The first-order chi connectivity index (χ1) is 10.4. The molecule has 6 nitrogen and oxygen atoms in total. The fourth-order valence-electron chi connectivity index (χ4n) is 2.44. The quantitative estimate of drug-likeness (QED) is 0.913. The van der Waals surface area contributed by atoms with E-state index in [1.807, 2.05) is 6.07 Å². The van der Waals surface area contributed by atoms with E-state index in [9.17, 15) is 14.7 Å². The minimum Gasteiger partial charge on any atom is -0.481 e. The maximum absolute atomic E-state index is 12.3. The number of aliphatic carboxylic acids is 1. The van der Waals surface area contributed by atoms with Gasteiger partial charge in [-0.25, -0.2) is 0 Å². The smallest absolute Gasteiger partial charge is 0.311 e. The summed E-state index contributed by atoms with van der Waals surface area (Å²) in [5, 5.41) is 17.9. The summed E-state index contributed by atoms with van der Waals surface area (Å²) in [5.41, 5.74) is -0.368. The lowest BCUT2D eigenvalue weighted by Gasteiger charge is -2.23. The van der Waals surface area contributed by atoms with Crippen LogP contribution in [0.4, 0.5) is 0 Å².